The van der Waals surface area contributed by atoms with Gasteiger partial charge in [-0.3, -0.25) is 4.79 Å². The van der Waals surface area contributed by atoms with Crippen molar-refractivity contribution in [2.75, 3.05) is 7.05 Å². The minimum Gasteiger partial charge on any atom is -0.391 e. The molecule has 0 fully saturated rings. The second kappa shape index (κ2) is 2.86. The Morgan fingerprint density at radius 1 is 1.50 bits per heavy atom. The lowest BCUT2D eigenvalue weighted by Gasteiger charge is -2.01. The predicted molar refractivity (Wildman–Crippen MR) is 40.6 cm³/mol. The van der Waals surface area contributed by atoms with Crippen LogP contribution in [0.4, 0.5) is 0 Å². The van der Waals surface area contributed by atoms with Crippen LogP contribution in [-0.4, -0.2) is 12.8 Å². The number of ketones is 1. The molecule has 0 atom stereocenters. The van der Waals surface area contributed by atoms with Crippen molar-refractivity contribution in [1.29, 1.82) is 0 Å². The highest BCUT2D eigenvalue weighted by Crippen LogP contribution is 2.23. The van der Waals surface area contributed by atoms with Gasteiger partial charge < -0.3 is 5.32 Å². The van der Waals surface area contributed by atoms with E-state index in [0.29, 0.717) is 0 Å². The van der Waals surface area contributed by atoms with Crippen LogP contribution in [0.3, 0.4) is 0 Å². The van der Waals surface area contributed by atoms with E-state index in [1.165, 1.54) is 0 Å². The van der Waals surface area contributed by atoms with Crippen molar-refractivity contribution in [3.05, 3.63) is 11.3 Å². The predicted octanol–water partition coefficient (Wildman–Crippen LogP) is 1.23. The molecule has 0 spiro atoms. The Kier molecular flexibility index (Phi) is 2.10. The molecule has 0 saturated carbocycles. The minimum atomic E-state index is 0.224. The van der Waals surface area contributed by atoms with Gasteiger partial charge in [-0.05, 0) is 26.2 Å². The molecule has 0 saturated heterocycles. The Balaban J connectivity index is 2.78. The molecule has 0 unspecified atom stereocenters. The van der Waals surface area contributed by atoms with Crippen LogP contribution in [-0.2, 0) is 4.79 Å². The van der Waals surface area contributed by atoms with Crippen LogP contribution in [0, 0.1) is 0 Å². The maximum Gasteiger partial charge on any atom is 0.157 e. The fraction of sp³-hybridized carbons (Fsp3) is 0.625. The van der Waals surface area contributed by atoms with E-state index in [2.05, 4.69) is 5.32 Å². The zero-order valence-corrected chi connectivity index (χ0v) is 6.53. The second-order valence-corrected chi connectivity index (χ2v) is 2.62. The van der Waals surface area contributed by atoms with E-state index in [1.54, 1.807) is 6.92 Å². The van der Waals surface area contributed by atoms with Crippen LogP contribution in [0.5, 0.6) is 0 Å². The third-order valence-electron chi connectivity index (χ3n) is 1.94. The molecule has 1 aliphatic carbocycles. The van der Waals surface area contributed by atoms with Crippen LogP contribution in [0.2, 0.25) is 0 Å². The van der Waals surface area contributed by atoms with E-state index < -0.39 is 0 Å². The summed E-state index contributed by atoms with van der Waals surface area (Å²) >= 11 is 0. The van der Waals surface area contributed by atoms with Gasteiger partial charge in [-0.2, -0.15) is 0 Å². The highest BCUT2D eigenvalue weighted by atomic mass is 16.1. The summed E-state index contributed by atoms with van der Waals surface area (Å²) < 4.78 is 0. The van der Waals surface area contributed by atoms with Crippen molar-refractivity contribution in [3.63, 3.8) is 0 Å². The summed E-state index contributed by atoms with van der Waals surface area (Å²) in [7, 11) is 1.88. The van der Waals surface area contributed by atoms with E-state index in [0.717, 1.165) is 30.5 Å². The molecular weight excluding hydrogens is 126 g/mol. The summed E-state index contributed by atoms with van der Waals surface area (Å²) in [4.78, 5) is 10.9. The van der Waals surface area contributed by atoms with Gasteiger partial charge in [-0.1, -0.05) is 0 Å². The lowest BCUT2D eigenvalue weighted by atomic mass is 10.1. The first-order valence-corrected chi connectivity index (χ1v) is 3.66. The van der Waals surface area contributed by atoms with E-state index in [4.69, 9.17) is 0 Å². The van der Waals surface area contributed by atoms with Crippen LogP contribution in [0.15, 0.2) is 11.3 Å². The fourth-order valence-corrected chi connectivity index (χ4v) is 1.41. The third kappa shape index (κ3) is 1.20. The van der Waals surface area contributed by atoms with E-state index in [9.17, 15) is 4.79 Å². The van der Waals surface area contributed by atoms with Gasteiger partial charge in [-0.15, -0.1) is 0 Å². The van der Waals surface area contributed by atoms with Crippen molar-refractivity contribution in [3.8, 4) is 0 Å². The molecule has 0 amide bonds. The van der Waals surface area contributed by atoms with Crippen LogP contribution in [0.1, 0.15) is 26.2 Å². The van der Waals surface area contributed by atoms with Gasteiger partial charge in [-0.25, -0.2) is 0 Å². The monoisotopic (exact) mass is 139 g/mol. The number of carbonyl (C=O) groups is 1. The molecule has 2 nitrogen and oxygen atoms in total. The van der Waals surface area contributed by atoms with Gasteiger partial charge in [0.05, 0.1) is 0 Å². The topological polar surface area (TPSA) is 29.1 Å². The van der Waals surface area contributed by atoms with Gasteiger partial charge in [0.15, 0.2) is 5.78 Å². The first kappa shape index (κ1) is 7.32. The first-order chi connectivity index (χ1) is 4.75. The molecule has 0 aliphatic heterocycles. The number of allylic oxidation sites excluding steroid dienone is 2. The Bertz CT molecular complexity index is 182. The summed E-state index contributed by atoms with van der Waals surface area (Å²) in [5, 5.41) is 3.05. The highest BCUT2D eigenvalue weighted by Gasteiger charge is 2.15. The van der Waals surface area contributed by atoms with E-state index >= 15 is 0 Å². The standard InChI is InChI=1S/C8H13NO/c1-6(10)7-4-3-5-8(7)9-2/h9H,3-5H2,1-2H3. The van der Waals surface area contributed by atoms with Gasteiger partial charge >= 0.3 is 0 Å². The molecule has 10 heavy (non-hydrogen) atoms. The third-order valence-corrected chi connectivity index (χ3v) is 1.94. The Morgan fingerprint density at radius 3 is 2.60 bits per heavy atom. The average Bonchev–Trinajstić information content (AvgIpc) is 2.33. The maximum absolute atomic E-state index is 10.9. The normalized spacial score (nSPS) is 17.8. The van der Waals surface area contributed by atoms with Crippen molar-refractivity contribution in [2.24, 2.45) is 0 Å². The van der Waals surface area contributed by atoms with Crippen LogP contribution in [0.25, 0.3) is 0 Å². The van der Waals surface area contributed by atoms with Crippen molar-refractivity contribution >= 4 is 5.78 Å². The minimum absolute atomic E-state index is 0.224. The summed E-state index contributed by atoms with van der Waals surface area (Å²) in [6.07, 6.45) is 3.14. The Labute approximate surface area is 61.3 Å². The number of rotatable bonds is 2. The summed E-state index contributed by atoms with van der Waals surface area (Å²) in [5.74, 6) is 0.224. The van der Waals surface area contributed by atoms with Crippen molar-refractivity contribution in [1.82, 2.24) is 5.32 Å². The quantitative estimate of drug-likeness (QED) is 0.623. The summed E-state index contributed by atoms with van der Waals surface area (Å²) in [5.41, 5.74) is 2.15. The molecule has 0 bridgehead atoms. The van der Waals surface area contributed by atoms with Gasteiger partial charge in [0.25, 0.3) is 0 Å². The molecule has 0 aromatic carbocycles. The van der Waals surface area contributed by atoms with Crippen molar-refractivity contribution < 1.29 is 4.79 Å². The number of carbonyl (C=O) groups excluding carboxylic acids is 1. The zero-order chi connectivity index (χ0) is 7.56. The molecule has 0 radical (unpaired) electrons. The van der Waals surface area contributed by atoms with Crippen molar-refractivity contribution in [2.45, 2.75) is 26.2 Å². The van der Waals surface area contributed by atoms with E-state index in [1.807, 2.05) is 7.05 Å². The fourth-order valence-electron chi connectivity index (χ4n) is 1.41. The molecule has 2 heteroatoms. The molecule has 0 heterocycles. The van der Waals surface area contributed by atoms with Gasteiger partial charge in [0.1, 0.15) is 0 Å². The second-order valence-electron chi connectivity index (χ2n) is 2.62. The molecule has 56 valence electrons. The van der Waals surface area contributed by atoms with Crippen LogP contribution < -0.4 is 5.32 Å². The lowest BCUT2D eigenvalue weighted by molar-refractivity contribution is -0.113. The summed E-state index contributed by atoms with van der Waals surface area (Å²) in [6.45, 7) is 1.64. The van der Waals surface area contributed by atoms with Crippen LogP contribution >= 0.6 is 0 Å². The molecule has 0 aromatic heterocycles. The lowest BCUT2D eigenvalue weighted by Crippen LogP contribution is -2.08. The van der Waals surface area contributed by atoms with Gasteiger partial charge in [0, 0.05) is 18.3 Å². The average molecular weight is 139 g/mol. The largest absolute Gasteiger partial charge is 0.391 e. The highest BCUT2D eigenvalue weighted by molar-refractivity contribution is 5.94. The summed E-state index contributed by atoms with van der Waals surface area (Å²) in [6, 6.07) is 0. The molecule has 0 aromatic rings. The molecule has 1 N–H and O–H groups in total. The van der Waals surface area contributed by atoms with Gasteiger partial charge in [0.2, 0.25) is 0 Å². The molecule has 1 rings (SSSR count). The number of nitrogens with one attached hydrogen (secondary N) is 1. The Morgan fingerprint density at radius 2 is 2.20 bits per heavy atom. The molecular formula is C8H13NO. The van der Waals surface area contributed by atoms with E-state index in [-0.39, 0.29) is 5.78 Å². The SMILES string of the molecule is CNC1=C(C(C)=O)CCC1. The molecule has 1 aliphatic rings. The smallest absolute Gasteiger partial charge is 0.157 e. The number of hydrogen-bond acceptors (Lipinski definition) is 2. The number of Topliss-reactive ketones (excluding diaryl/α,β-unsaturated/α-hetero) is 1. The number of hydrogen-bond donors (Lipinski definition) is 1. The Hall–Kier alpha value is -0.790. The maximum atomic E-state index is 10.9. The zero-order valence-electron chi connectivity index (χ0n) is 6.53. The first-order valence-electron chi connectivity index (χ1n) is 3.66.